The molecule has 11 heavy (non-hydrogen) atoms. The van der Waals surface area contributed by atoms with Crippen LogP contribution in [0, 0.1) is 0 Å². The van der Waals surface area contributed by atoms with Crippen molar-refractivity contribution in [3.8, 4) is 0 Å². The van der Waals surface area contributed by atoms with Gasteiger partial charge in [0.1, 0.15) is 0 Å². The molecule has 0 saturated heterocycles. The number of aliphatic carboxylic acids is 1. The molecular weight excluding hydrogens is 247 g/mol. The van der Waals surface area contributed by atoms with Crippen molar-refractivity contribution < 1.29 is 9.90 Å². The molecule has 3 heteroatoms. The Morgan fingerprint density at radius 3 is 1.91 bits per heavy atom. The summed E-state index contributed by atoms with van der Waals surface area (Å²) in [7, 11) is 0. The molecular formula is C8H8O2Sn. The molecule has 1 aromatic carbocycles. The van der Waals surface area contributed by atoms with Crippen molar-refractivity contribution in [3.63, 3.8) is 0 Å². The van der Waals surface area contributed by atoms with E-state index in [0.29, 0.717) is 0 Å². The number of hydrogen-bond acceptors (Lipinski definition) is 2. The van der Waals surface area contributed by atoms with Crippen LogP contribution >= 0.6 is 0 Å². The van der Waals surface area contributed by atoms with Crippen molar-refractivity contribution in [2.75, 3.05) is 0 Å². The van der Waals surface area contributed by atoms with Crippen LogP contribution in [0.25, 0.3) is 0 Å². The van der Waals surface area contributed by atoms with Crippen LogP contribution in [0.1, 0.15) is 6.92 Å². The molecule has 1 rings (SSSR count). The second-order valence-corrected chi connectivity index (χ2v) is 3.51. The molecule has 0 N–H and O–H groups in total. The maximum atomic E-state index is 8.89. The van der Waals surface area contributed by atoms with E-state index >= 15 is 0 Å². The van der Waals surface area contributed by atoms with Crippen molar-refractivity contribution in [3.05, 3.63) is 30.3 Å². The van der Waals surface area contributed by atoms with E-state index in [2.05, 4.69) is 24.3 Å². The molecule has 2 nitrogen and oxygen atoms in total. The van der Waals surface area contributed by atoms with Gasteiger partial charge in [-0.3, -0.25) is 0 Å². The van der Waals surface area contributed by atoms with Crippen LogP contribution < -0.4 is 8.69 Å². The van der Waals surface area contributed by atoms with Gasteiger partial charge < -0.3 is 9.90 Å². The van der Waals surface area contributed by atoms with Gasteiger partial charge in [0, 0.05) is 5.97 Å². The molecule has 0 aliphatic carbocycles. The summed E-state index contributed by atoms with van der Waals surface area (Å²) < 4.78 is 1.41. The van der Waals surface area contributed by atoms with E-state index < -0.39 is 5.97 Å². The summed E-state index contributed by atoms with van der Waals surface area (Å²) in [5.74, 6) is -1.08. The van der Waals surface area contributed by atoms with E-state index in [1.54, 1.807) is 0 Å². The predicted molar refractivity (Wildman–Crippen MR) is 42.5 cm³/mol. The molecule has 0 aliphatic heterocycles. The van der Waals surface area contributed by atoms with Gasteiger partial charge in [0.05, 0.1) is 0 Å². The van der Waals surface area contributed by atoms with E-state index in [1.165, 1.54) is 26.1 Å². The normalized spacial score (nSPS) is 7.73. The van der Waals surface area contributed by atoms with E-state index in [1.807, 2.05) is 6.07 Å². The number of carbonyl (C=O) groups excluding carboxylic acids is 1. The third-order valence-electron chi connectivity index (χ3n) is 0.774. The van der Waals surface area contributed by atoms with Gasteiger partial charge in [-0.25, -0.2) is 0 Å². The zero-order chi connectivity index (χ0) is 8.69. The quantitative estimate of drug-likeness (QED) is 0.571. The van der Waals surface area contributed by atoms with Crippen LogP contribution in [0.4, 0.5) is 0 Å². The SMILES string of the molecule is CC(=O)[O-].[Sn+][c]1ccccc1. The van der Waals surface area contributed by atoms with Crippen LogP contribution in [-0.2, 0) is 4.79 Å². The van der Waals surface area contributed by atoms with Gasteiger partial charge in [-0.2, -0.15) is 0 Å². The minimum atomic E-state index is -1.08. The Bertz CT molecular complexity index is 205. The van der Waals surface area contributed by atoms with Crippen LogP contribution in [0.2, 0.25) is 0 Å². The average Bonchev–Trinajstić information content (AvgIpc) is 1.87. The molecule has 0 unspecified atom stereocenters. The summed E-state index contributed by atoms with van der Waals surface area (Å²) >= 11 is 1.49. The first kappa shape index (κ1) is 10.5. The topological polar surface area (TPSA) is 40.1 Å². The Morgan fingerprint density at radius 1 is 1.36 bits per heavy atom. The average molecular weight is 255 g/mol. The number of hydrogen-bond donors (Lipinski definition) is 0. The van der Waals surface area contributed by atoms with Gasteiger partial charge in [0.2, 0.25) is 0 Å². The van der Waals surface area contributed by atoms with Crippen LogP contribution in [0.3, 0.4) is 0 Å². The number of carboxylic acid groups (broad SMARTS) is 1. The third-order valence-corrected chi connectivity index (χ3v) is 1.73. The summed E-state index contributed by atoms with van der Waals surface area (Å²) in [4.78, 5) is 8.89. The summed E-state index contributed by atoms with van der Waals surface area (Å²) in [5, 5.41) is 8.89. The van der Waals surface area contributed by atoms with Gasteiger partial charge >= 0.3 is 56.4 Å². The number of benzene rings is 1. The Kier molecular flexibility index (Phi) is 5.93. The third kappa shape index (κ3) is 9.49. The van der Waals surface area contributed by atoms with Crippen LogP contribution in [0.15, 0.2) is 30.3 Å². The second kappa shape index (κ2) is 6.22. The molecule has 0 atom stereocenters. The predicted octanol–water partition coefficient (Wildman–Crippen LogP) is -0.763. The fourth-order valence-electron chi connectivity index (χ4n) is 0.438. The van der Waals surface area contributed by atoms with E-state index in [0.717, 1.165) is 6.92 Å². The molecule has 0 amide bonds. The first-order valence-corrected chi connectivity index (χ1v) is 4.50. The van der Waals surface area contributed by atoms with Gasteiger partial charge in [-0.15, -0.1) is 0 Å². The van der Waals surface area contributed by atoms with E-state index in [-0.39, 0.29) is 0 Å². The van der Waals surface area contributed by atoms with Gasteiger partial charge in [0.25, 0.3) is 0 Å². The fourth-order valence-corrected chi connectivity index (χ4v) is 0.987. The Hall–Kier alpha value is -0.511. The Labute approximate surface area is 79.3 Å². The van der Waals surface area contributed by atoms with Crippen molar-refractivity contribution in [2.45, 2.75) is 6.92 Å². The second-order valence-electron chi connectivity index (χ2n) is 1.86. The maximum absolute atomic E-state index is 8.89. The van der Waals surface area contributed by atoms with Crippen LogP contribution in [-0.4, -0.2) is 28.5 Å². The number of rotatable bonds is 0. The van der Waals surface area contributed by atoms with Gasteiger partial charge in [-0.05, 0) is 6.92 Å². The standard InChI is InChI=1S/C6H5.C2H4O2.Sn/c1-2-4-6-5-3-1;1-2(3)4;/h1-5H;1H3,(H,3,4);/q;;+1/p-1. The van der Waals surface area contributed by atoms with Crippen molar-refractivity contribution in [1.82, 2.24) is 0 Å². The molecule has 0 fully saturated rings. The molecule has 0 aliphatic rings. The van der Waals surface area contributed by atoms with Crippen molar-refractivity contribution in [1.29, 1.82) is 0 Å². The molecule has 1 aromatic rings. The van der Waals surface area contributed by atoms with Gasteiger partial charge in [0.15, 0.2) is 0 Å². The number of carbonyl (C=O) groups is 1. The Balaban J connectivity index is 0.000000218. The summed E-state index contributed by atoms with van der Waals surface area (Å²) in [6, 6.07) is 10.4. The molecule has 0 spiro atoms. The van der Waals surface area contributed by atoms with E-state index in [9.17, 15) is 0 Å². The first-order chi connectivity index (χ1) is 5.13. The fraction of sp³-hybridized carbons (Fsp3) is 0.125. The minimum absolute atomic E-state index is 0.972. The summed E-state index contributed by atoms with van der Waals surface area (Å²) in [6.07, 6.45) is 0. The number of carboxylic acids is 1. The zero-order valence-electron chi connectivity index (χ0n) is 6.20. The molecule has 0 aromatic heterocycles. The summed E-state index contributed by atoms with van der Waals surface area (Å²) in [6.45, 7) is 0.972. The Morgan fingerprint density at radius 2 is 1.73 bits per heavy atom. The van der Waals surface area contributed by atoms with E-state index in [4.69, 9.17) is 9.90 Å². The molecule has 0 heterocycles. The molecule has 2 radical (unpaired) electrons. The molecule has 0 bridgehead atoms. The zero-order valence-corrected chi connectivity index (χ0v) is 9.06. The monoisotopic (exact) mass is 256 g/mol. The molecule has 56 valence electrons. The van der Waals surface area contributed by atoms with Crippen molar-refractivity contribution >= 4 is 32.1 Å². The van der Waals surface area contributed by atoms with Crippen LogP contribution in [0.5, 0.6) is 0 Å². The summed E-state index contributed by atoms with van der Waals surface area (Å²) in [5.41, 5.74) is 0. The molecule has 0 saturated carbocycles. The first-order valence-electron chi connectivity index (χ1n) is 3.07. The van der Waals surface area contributed by atoms with Gasteiger partial charge in [-0.1, -0.05) is 0 Å². The van der Waals surface area contributed by atoms with Crippen molar-refractivity contribution in [2.24, 2.45) is 0 Å².